The first-order chi connectivity index (χ1) is 6.61. The number of halogens is 2. The third-order valence-electron chi connectivity index (χ3n) is 1.94. The van der Waals surface area contributed by atoms with E-state index in [1.807, 2.05) is 0 Å². The molecule has 1 heterocycles. The molecule has 0 amide bonds. The third kappa shape index (κ3) is 1.42. The molecule has 1 aromatic heterocycles. The summed E-state index contributed by atoms with van der Waals surface area (Å²) in [4.78, 5) is 0. The van der Waals surface area contributed by atoms with Crippen LogP contribution in [0.1, 0.15) is 0 Å². The number of hydrogen-bond acceptors (Lipinski definition) is 3. The Morgan fingerprint density at radius 3 is 2.71 bits per heavy atom. The minimum Gasteiger partial charge on any atom is -0.423 e. The van der Waals surface area contributed by atoms with Gasteiger partial charge in [-0.3, -0.25) is 0 Å². The lowest BCUT2D eigenvalue weighted by Gasteiger charge is -2.02. The molecule has 0 unspecified atom stereocenters. The predicted molar refractivity (Wildman–Crippen MR) is 56.6 cm³/mol. The van der Waals surface area contributed by atoms with Crippen LogP contribution in [0.4, 0.5) is 4.39 Å². The van der Waals surface area contributed by atoms with Gasteiger partial charge < -0.3 is 10.0 Å². The van der Waals surface area contributed by atoms with Crippen LogP contribution in [0.5, 0.6) is 0 Å². The first-order valence-electron chi connectivity index (χ1n) is 3.82. The van der Waals surface area contributed by atoms with E-state index >= 15 is 0 Å². The normalized spacial score (nSPS) is 10.9. The monoisotopic (exact) mass is 230 g/mol. The van der Waals surface area contributed by atoms with Crippen molar-refractivity contribution in [2.75, 3.05) is 0 Å². The lowest BCUT2D eigenvalue weighted by Crippen LogP contribution is -2.30. The molecule has 2 N–H and O–H groups in total. The summed E-state index contributed by atoms with van der Waals surface area (Å²) in [6.45, 7) is 0. The second kappa shape index (κ2) is 3.51. The molecule has 0 aliphatic rings. The number of rotatable bonds is 1. The first-order valence-corrected chi connectivity index (χ1v) is 5.08. The molecule has 0 radical (unpaired) electrons. The fourth-order valence-electron chi connectivity index (χ4n) is 1.32. The Balaban J connectivity index is 2.85. The first kappa shape index (κ1) is 9.92. The van der Waals surface area contributed by atoms with Crippen molar-refractivity contribution in [2.24, 2.45) is 0 Å². The van der Waals surface area contributed by atoms with Crippen LogP contribution in [0.25, 0.3) is 10.1 Å². The highest BCUT2D eigenvalue weighted by atomic mass is 35.5. The van der Waals surface area contributed by atoms with Crippen LogP contribution < -0.4 is 5.46 Å². The molecule has 0 bridgehead atoms. The summed E-state index contributed by atoms with van der Waals surface area (Å²) in [7, 11) is -1.63. The maximum Gasteiger partial charge on any atom is 0.489 e. The van der Waals surface area contributed by atoms with E-state index in [1.165, 1.54) is 12.1 Å². The number of hydrogen-bond donors (Lipinski definition) is 2. The molecule has 0 aliphatic heterocycles. The van der Waals surface area contributed by atoms with Crippen LogP contribution in [-0.2, 0) is 0 Å². The molecule has 2 nitrogen and oxygen atoms in total. The van der Waals surface area contributed by atoms with Gasteiger partial charge in [-0.2, -0.15) is 0 Å². The van der Waals surface area contributed by atoms with Crippen LogP contribution in [0.15, 0.2) is 17.5 Å². The zero-order valence-corrected chi connectivity index (χ0v) is 8.44. The predicted octanol–water partition coefficient (Wildman–Crippen LogP) is 1.37. The summed E-state index contributed by atoms with van der Waals surface area (Å²) in [5.41, 5.74) is 0.229. The smallest absolute Gasteiger partial charge is 0.423 e. The number of benzene rings is 1. The minimum absolute atomic E-state index is 0.229. The highest BCUT2D eigenvalue weighted by Gasteiger charge is 2.19. The lowest BCUT2D eigenvalue weighted by atomic mass is 9.78. The van der Waals surface area contributed by atoms with E-state index in [1.54, 1.807) is 5.38 Å². The Hall–Kier alpha value is -0.615. The van der Waals surface area contributed by atoms with Gasteiger partial charge in [0.15, 0.2) is 0 Å². The maximum absolute atomic E-state index is 13.2. The summed E-state index contributed by atoms with van der Waals surface area (Å²) in [5.74, 6) is -0.402. The van der Waals surface area contributed by atoms with E-state index in [0.717, 1.165) is 11.3 Å². The van der Waals surface area contributed by atoms with Crippen LogP contribution in [-0.4, -0.2) is 17.2 Å². The van der Waals surface area contributed by atoms with Gasteiger partial charge in [-0.25, -0.2) is 4.39 Å². The van der Waals surface area contributed by atoms with Crippen LogP contribution in [0, 0.1) is 5.82 Å². The highest BCUT2D eigenvalue weighted by Crippen LogP contribution is 2.30. The maximum atomic E-state index is 13.2. The van der Waals surface area contributed by atoms with Crippen LogP contribution >= 0.6 is 22.9 Å². The summed E-state index contributed by atoms with van der Waals surface area (Å²) >= 11 is 6.96. The van der Waals surface area contributed by atoms with Gasteiger partial charge in [-0.1, -0.05) is 17.7 Å². The van der Waals surface area contributed by atoms with Crippen molar-refractivity contribution in [1.82, 2.24) is 0 Å². The van der Waals surface area contributed by atoms with Gasteiger partial charge in [-0.05, 0) is 11.5 Å². The van der Waals surface area contributed by atoms with Gasteiger partial charge in [-0.15, -0.1) is 11.3 Å². The van der Waals surface area contributed by atoms with Crippen molar-refractivity contribution < 1.29 is 14.4 Å². The quantitative estimate of drug-likeness (QED) is 0.727. The molecule has 0 aliphatic carbocycles. The van der Waals surface area contributed by atoms with Gasteiger partial charge >= 0.3 is 7.12 Å². The summed E-state index contributed by atoms with van der Waals surface area (Å²) < 4.78 is 13.6. The Kier molecular flexibility index (Phi) is 2.49. The molecular formula is C8H5BClFO2S. The summed E-state index contributed by atoms with van der Waals surface area (Å²) in [6.07, 6.45) is 0. The van der Waals surface area contributed by atoms with E-state index < -0.39 is 12.9 Å². The average Bonchev–Trinajstić information content (AvgIpc) is 2.50. The zero-order chi connectivity index (χ0) is 10.3. The van der Waals surface area contributed by atoms with Gasteiger partial charge in [0.25, 0.3) is 0 Å². The Morgan fingerprint density at radius 1 is 1.36 bits per heavy atom. The molecule has 6 heteroatoms. The highest BCUT2D eigenvalue weighted by molar-refractivity contribution is 7.18. The fraction of sp³-hybridized carbons (Fsp3) is 0. The molecule has 14 heavy (non-hydrogen) atoms. The molecule has 0 fully saturated rings. The van der Waals surface area contributed by atoms with Crippen molar-refractivity contribution in [3.05, 3.63) is 28.4 Å². The van der Waals surface area contributed by atoms with Gasteiger partial charge in [0, 0.05) is 10.8 Å². The molecule has 1 aromatic carbocycles. The topological polar surface area (TPSA) is 40.5 Å². The molecular weight excluding hydrogens is 225 g/mol. The van der Waals surface area contributed by atoms with Crippen LogP contribution in [0.3, 0.4) is 0 Å². The zero-order valence-electron chi connectivity index (χ0n) is 6.87. The lowest BCUT2D eigenvalue weighted by molar-refractivity contribution is 0.426. The van der Waals surface area contributed by atoms with Gasteiger partial charge in [0.1, 0.15) is 5.82 Å². The van der Waals surface area contributed by atoms with E-state index in [4.69, 9.17) is 21.6 Å². The van der Waals surface area contributed by atoms with Crippen molar-refractivity contribution in [3.8, 4) is 0 Å². The Labute approximate surface area is 88.7 Å². The molecule has 0 saturated carbocycles. The van der Waals surface area contributed by atoms with Crippen molar-refractivity contribution in [1.29, 1.82) is 0 Å². The Bertz CT molecular complexity index is 485. The largest absolute Gasteiger partial charge is 0.489 e. The van der Waals surface area contributed by atoms with Crippen molar-refractivity contribution >= 4 is 45.6 Å². The molecule has 2 aromatic rings. The summed E-state index contributed by atoms with van der Waals surface area (Å²) in [6, 6.07) is 2.52. The second-order valence-corrected chi connectivity index (χ2v) is 4.08. The van der Waals surface area contributed by atoms with E-state index in [-0.39, 0.29) is 5.46 Å². The SMILES string of the molecule is OB(O)c1ccc(F)c2scc(Cl)c12. The Morgan fingerprint density at radius 2 is 2.07 bits per heavy atom. The van der Waals surface area contributed by atoms with E-state index in [9.17, 15) is 4.39 Å². The molecule has 0 saturated heterocycles. The summed E-state index contributed by atoms with van der Waals surface area (Å²) in [5, 5.41) is 20.4. The van der Waals surface area contributed by atoms with Crippen molar-refractivity contribution in [3.63, 3.8) is 0 Å². The average molecular weight is 230 g/mol. The standard InChI is InChI=1S/C8H5BClFO2S/c10-5-3-14-8-6(11)2-1-4(7(5)8)9(12)13/h1-3,12-13H. The van der Waals surface area contributed by atoms with E-state index in [2.05, 4.69) is 0 Å². The molecule has 0 atom stereocenters. The number of fused-ring (bicyclic) bond motifs is 1. The van der Waals surface area contributed by atoms with Gasteiger partial charge in [0.05, 0.1) is 9.72 Å². The van der Waals surface area contributed by atoms with Crippen molar-refractivity contribution in [2.45, 2.75) is 0 Å². The fourth-order valence-corrected chi connectivity index (χ4v) is 2.58. The second-order valence-electron chi connectivity index (χ2n) is 2.80. The van der Waals surface area contributed by atoms with Crippen LogP contribution in [0.2, 0.25) is 5.02 Å². The minimum atomic E-state index is -1.63. The molecule has 0 spiro atoms. The molecule has 2 rings (SSSR count). The van der Waals surface area contributed by atoms with Gasteiger partial charge in [0.2, 0.25) is 0 Å². The number of thiophene rings is 1. The third-order valence-corrected chi connectivity index (χ3v) is 3.35. The van der Waals surface area contributed by atoms with E-state index in [0.29, 0.717) is 15.1 Å². The molecule has 72 valence electrons.